The monoisotopic (exact) mass is 419 g/mol. The maximum Gasteiger partial charge on any atom is 0.276 e. The molecule has 1 heterocycles. The predicted molar refractivity (Wildman–Crippen MR) is 110 cm³/mol. The largest absolute Gasteiger partial charge is 0.375 e. The summed E-state index contributed by atoms with van der Waals surface area (Å²) in [5, 5.41) is 11.8. The zero-order valence-electron chi connectivity index (χ0n) is 15.2. The van der Waals surface area contributed by atoms with E-state index >= 15 is 0 Å². The van der Waals surface area contributed by atoms with Crippen LogP contribution in [0.3, 0.4) is 0 Å². The Morgan fingerprint density at radius 1 is 0.964 bits per heavy atom. The first-order valence-electron chi connectivity index (χ1n) is 8.51. The molecule has 2 aromatic carbocycles. The van der Waals surface area contributed by atoms with E-state index in [0.717, 1.165) is 11.1 Å². The Morgan fingerprint density at radius 3 is 2.04 bits per heavy atom. The van der Waals surface area contributed by atoms with Gasteiger partial charge in [0, 0.05) is 30.2 Å². The summed E-state index contributed by atoms with van der Waals surface area (Å²) in [7, 11) is 1.45. The van der Waals surface area contributed by atoms with Gasteiger partial charge < -0.3 is 15.4 Å². The zero-order chi connectivity index (χ0) is 19.9. The third kappa shape index (κ3) is 5.45. The lowest BCUT2D eigenvalue weighted by Gasteiger charge is -2.06. The van der Waals surface area contributed by atoms with Crippen LogP contribution in [0.1, 0.15) is 15.9 Å². The number of hydrogen-bond donors (Lipinski definition) is 2. The van der Waals surface area contributed by atoms with E-state index in [1.807, 2.05) is 36.4 Å². The first-order valence-corrected chi connectivity index (χ1v) is 9.26. The lowest BCUT2D eigenvalue weighted by molar-refractivity contribution is 0.0748. The number of nitrogens with one attached hydrogen (secondary N) is 2. The average molecular weight is 420 g/mol. The molecule has 0 aliphatic carbocycles. The normalized spacial score (nSPS) is 10.7. The van der Waals surface area contributed by atoms with Gasteiger partial charge in [-0.2, -0.15) is 9.67 Å². The molecule has 9 heteroatoms. The predicted octanol–water partition coefficient (Wildman–Crippen LogP) is 4.10. The number of aromatic nitrogens is 3. The van der Waals surface area contributed by atoms with Crippen molar-refractivity contribution in [1.82, 2.24) is 14.8 Å². The van der Waals surface area contributed by atoms with Crippen molar-refractivity contribution in [3.05, 3.63) is 69.7 Å². The molecule has 3 rings (SSSR count). The molecule has 146 valence electrons. The first-order chi connectivity index (χ1) is 13.5. The van der Waals surface area contributed by atoms with Crippen LogP contribution < -0.4 is 10.6 Å². The molecule has 3 aromatic rings. The third-order valence-corrected chi connectivity index (χ3v) is 4.34. The highest BCUT2D eigenvalue weighted by molar-refractivity contribution is 6.30. The number of hydrogen-bond acceptors (Lipinski definition) is 6. The van der Waals surface area contributed by atoms with Crippen molar-refractivity contribution in [2.24, 2.45) is 0 Å². The lowest BCUT2D eigenvalue weighted by Crippen LogP contribution is -2.20. The zero-order valence-corrected chi connectivity index (χ0v) is 16.7. The van der Waals surface area contributed by atoms with Gasteiger partial charge in [0.1, 0.15) is 6.61 Å². The second-order valence-electron chi connectivity index (χ2n) is 5.96. The standard InChI is InChI=1S/C19H19Cl2N5O2/c1-28-12-17(27)26-19(23-11-14-4-8-16(21)9-5-14)24-18(25-26)22-10-13-2-6-15(20)7-3-13/h2-9H,10-12H2,1H3,(H2,22,23,24,25). The molecular formula is C19H19Cl2N5O2. The van der Waals surface area contributed by atoms with Gasteiger partial charge in [-0.15, -0.1) is 5.10 Å². The summed E-state index contributed by atoms with van der Waals surface area (Å²) in [6.45, 7) is 0.860. The molecule has 0 fully saturated rings. The fraction of sp³-hybridized carbons (Fsp3) is 0.211. The second kappa shape index (κ2) is 9.54. The Kier molecular flexibility index (Phi) is 6.86. The van der Waals surface area contributed by atoms with E-state index in [9.17, 15) is 4.79 Å². The van der Waals surface area contributed by atoms with Gasteiger partial charge in [-0.3, -0.25) is 4.79 Å². The molecular weight excluding hydrogens is 401 g/mol. The molecule has 0 spiro atoms. The number of methoxy groups -OCH3 is 1. The van der Waals surface area contributed by atoms with Gasteiger partial charge in [0.05, 0.1) is 0 Å². The SMILES string of the molecule is COCC(=O)n1nc(NCc2ccc(Cl)cc2)nc1NCc1ccc(Cl)cc1. The topological polar surface area (TPSA) is 81.1 Å². The molecule has 2 N–H and O–H groups in total. The van der Waals surface area contributed by atoms with E-state index in [2.05, 4.69) is 20.7 Å². The minimum atomic E-state index is -0.326. The molecule has 28 heavy (non-hydrogen) atoms. The maximum atomic E-state index is 12.3. The quantitative estimate of drug-likeness (QED) is 0.571. The number of ether oxygens (including phenoxy) is 1. The van der Waals surface area contributed by atoms with Crippen molar-refractivity contribution >= 4 is 41.0 Å². The number of halogens is 2. The van der Waals surface area contributed by atoms with Crippen LogP contribution in [-0.4, -0.2) is 34.4 Å². The van der Waals surface area contributed by atoms with Crippen LogP contribution in [0.15, 0.2) is 48.5 Å². The Labute approximate surface area is 172 Å². The Bertz CT molecular complexity index is 927. The fourth-order valence-corrected chi connectivity index (χ4v) is 2.68. The molecule has 1 aromatic heterocycles. The number of carbonyl (C=O) groups is 1. The molecule has 0 atom stereocenters. The van der Waals surface area contributed by atoms with Gasteiger partial charge in [-0.05, 0) is 35.4 Å². The molecule has 0 unspecified atom stereocenters. The number of anilines is 2. The summed E-state index contributed by atoms with van der Waals surface area (Å²) in [4.78, 5) is 16.7. The summed E-state index contributed by atoms with van der Waals surface area (Å²) in [6, 6.07) is 14.8. The van der Waals surface area contributed by atoms with E-state index < -0.39 is 0 Å². The van der Waals surface area contributed by atoms with Crippen molar-refractivity contribution < 1.29 is 9.53 Å². The van der Waals surface area contributed by atoms with Gasteiger partial charge in [0.15, 0.2) is 0 Å². The van der Waals surface area contributed by atoms with Crippen LogP contribution in [0.5, 0.6) is 0 Å². The van der Waals surface area contributed by atoms with E-state index in [1.54, 1.807) is 12.1 Å². The smallest absolute Gasteiger partial charge is 0.276 e. The molecule has 0 aliphatic rings. The van der Waals surface area contributed by atoms with Gasteiger partial charge in [0.2, 0.25) is 11.9 Å². The number of nitrogens with zero attached hydrogens (tertiary/aromatic N) is 3. The van der Waals surface area contributed by atoms with Gasteiger partial charge >= 0.3 is 0 Å². The Balaban J connectivity index is 1.72. The summed E-state index contributed by atoms with van der Waals surface area (Å²) in [5.41, 5.74) is 2.01. The van der Waals surface area contributed by atoms with Crippen molar-refractivity contribution in [1.29, 1.82) is 0 Å². The van der Waals surface area contributed by atoms with Crippen molar-refractivity contribution in [3.63, 3.8) is 0 Å². The molecule has 0 bridgehead atoms. The summed E-state index contributed by atoms with van der Waals surface area (Å²) < 4.78 is 6.12. The highest BCUT2D eigenvalue weighted by Gasteiger charge is 2.16. The van der Waals surface area contributed by atoms with E-state index in [4.69, 9.17) is 27.9 Å². The molecule has 0 saturated heterocycles. The van der Waals surface area contributed by atoms with E-state index in [-0.39, 0.29) is 12.5 Å². The lowest BCUT2D eigenvalue weighted by atomic mass is 10.2. The molecule has 7 nitrogen and oxygen atoms in total. The van der Waals surface area contributed by atoms with E-state index in [1.165, 1.54) is 11.8 Å². The fourth-order valence-electron chi connectivity index (χ4n) is 2.43. The maximum absolute atomic E-state index is 12.3. The number of carbonyl (C=O) groups excluding carboxylic acids is 1. The summed E-state index contributed by atoms with van der Waals surface area (Å²) in [6.07, 6.45) is 0. The molecule has 0 radical (unpaired) electrons. The number of benzene rings is 2. The summed E-state index contributed by atoms with van der Waals surface area (Å²) in [5.74, 6) is 0.335. The van der Waals surface area contributed by atoms with Crippen LogP contribution in [0.4, 0.5) is 11.9 Å². The number of rotatable bonds is 8. The summed E-state index contributed by atoms with van der Waals surface area (Å²) >= 11 is 11.8. The average Bonchev–Trinajstić information content (AvgIpc) is 3.11. The second-order valence-corrected chi connectivity index (χ2v) is 6.83. The van der Waals surface area contributed by atoms with Crippen LogP contribution >= 0.6 is 23.2 Å². The molecule has 0 saturated carbocycles. The van der Waals surface area contributed by atoms with E-state index in [0.29, 0.717) is 35.0 Å². The van der Waals surface area contributed by atoms with Gasteiger partial charge in [0.25, 0.3) is 5.91 Å². The van der Waals surface area contributed by atoms with Crippen LogP contribution in [-0.2, 0) is 17.8 Å². The van der Waals surface area contributed by atoms with Crippen molar-refractivity contribution in [2.75, 3.05) is 24.4 Å². The minimum absolute atomic E-state index is 0.102. The van der Waals surface area contributed by atoms with Gasteiger partial charge in [-0.1, -0.05) is 47.5 Å². The van der Waals surface area contributed by atoms with Crippen molar-refractivity contribution in [2.45, 2.75) is 13.1 Å². The highest BCUT2D eigenvalue weighted by atomic mass is 35.5. The molecule has 0 aliphatic heterocycles. The van der Waals surface area contributed by atoms with Crippen LogP contribution in [0.2, 0.25) is 10.0 Å². The van der Waals surface area contributed by atoms with Gasteiger partial charge in [-0.25, -0.2) is 0 Å². The van der Waals surface area contributed by atoms with Crippen LogP contribution in [0, 0.1) is 0 Å². The Morgan fingerprint density at radius 2 is 1.50 bits per heavy atom. The molecule has 0 amide bonds. The minimum Gasteiger partial charge on any atom is -0.375 e. The van der Waals surface area contributed by atoms with Crippen LogP contribution in [0.25, 0.3) is 0 Å². The highest BCUT2D eigenvalue weighted by Crippen LogP contribution is 2.15. The van der Waals surface area contributed by atoms with Crippen molar-refractivity contribution in [3.8, 4) is 0 Å². The first kappa shape index (κ1) is 20.1. The third-order valence-electron chi connectivity index (χ3n) is 3.84. The Hall–Kier alpha value is -2.61.